The normalized spacial score (nSPS) is 16.9. The Kier molecular flexibility index (Phi) is 4.58. The summed E-state index contributed by atoms with van der Waals surface area (Å²) in [6, 6.07) is 12.8. The van der Waals surface area contributed by atoms with Gasteiger partial charge in [0, 0.05) is 37.1 Å². The number of oxazole rings is 1. The van der Waals surface area contributed by atoms with Gasteiger partial charge >= 0.3 is 0 Å². The van der Waals surface area contributed by atoms with E-state index >= 15 is 0 Å². The lowest BCUT2D eigenvalue weighted by Crippen LogP contribution is -2.32. The van der Waals surface area contributed by atoms with Crippen molar-refractivity contribution in [3.63, 3.8) is 0 Å². The van der Waals surface area contributed by atoms with E-state index < -0.39 is 0 Å². The van der Waals surface area contributed by atoms with E-state index in [1.165, 1.54) is 0 Å². The zero-order chi connectivity index (χ0) is 19.0. The number of amides is 2. The third kappa shape index (κ3) is 3.66. The van der Waals surface area contributed by atoms with Crippen LogP contribution in [0.3, 0.4) is 0 Å². The van der Waals surface area contributed by atoms with Gasteiger partial charge < -0.3 is 14.6 Å². The average molecular weight is 384 g/mol. The van der Waals surface area contributed by atoms with Gasteiger partial charge in [0.1, 0.15) is 5.52 Å². The van der Waals surface area contributed by atoms with E-state index in [9.17, 15) is 9.59 Å². The van der Waals surface area contributed by atoms with Gasteiger partial charge in [-0.05, 0) is 35.9 Å². The molecule has 0 radical (unpaired) electrons. The molecule has 2 aromatic carbocycles. The Morgan fingerprint density at radius 1 is 1.33 bits per heavy atom. The standard InChI is InChI=1S/C20H18ClN3O3/c1-12-23-17-9-16(5-6-18(17)27-12)24-11-14(8-19(24)25)20(26)22-10-13-3-2-4-15(21)7-13/h2-7,9,14H,8,10-11H2,1H3,(H,22,26)/t14-/m0/s1. The highest BCUT2D eigenvalue weighted by molar-refractivity contribution is 6.30. The lowest BCUT2D eigenvalue weighted by atomic mass is 10.1. The Balaban J connectivity index is 1.43. The number of hydrogen-bond acceptors (Lipinski definition) is 4. The molecule has 138 valence electrons. The fourth-order valence-corrected chi connectivity index (χ4v) is 3.52. The molecule has 4 rings (SSSR count). The fraction of sp³-hybridized carbons (Fsp3) is 0.250. The number of carbonyl (C=O) groups excluding carboxylic acids is 2. The van der Waals surface area contributed by atoms with Crippen LogP contribution in [0, 0.1) is 12.8 Å². The summed E-state index contributed by atoms with van der Waals surface area (Å²) in [5.41, 5.74) is 3.03. The van der Waals surface area contributed by atoms with Crippen LogP contribution in [0.15, 0.2) is 46.9 Å². The van der Waals surface area contributed by atoms with E-state index in [0.717, 1.165) is 11.3 Å². The van der Waals surface area contributed by atoms with Gasteiger partial charge in [-0.3, -0.25) is 9.59 Å². The number of benzene rings is 2. The van der Waals surface area contributed by atoms with Crippen molar-refractivity contribution in [2.24, 2.45) is 5.92 Å². The molecule has 0 bridgehead atoms. The van der Waals surface area contributed by atoms with E-state index in [4.69, 9.17) is 16.0 Å². The first-order chi connectivity index (χ1) is 13.0. The third-order valence-electron chi connectivity index (χ3n) is 4.64. The summed E-state index contributed by atoms with van der Waals surface area (Å²) >= 11 is 5.96. The van der Waals surface area contributed by atoms with Gasteiger partial charge in [0.05, 0.1) is 5.92 Å². The average Bonchev–Trinajstić information content (AvgIpc) is 3.20. The highest BCUT2D eigenvalue weighted by Crippen LogP contribution is 2.28. The van der Waals surface area contributed by atoms with Gasteiger partial charge in [-0.1, -0.05) is 23.7 Å². The predicted octanol–water partition coefficient (Wildman–Crippen LogP) is 3.46. The molecule has 1 saturated heterocycles. The number of hydrogen-bond donors (Lipinski definition) is 1. The Hall–Kier alpha value is -2.86. The summed E-state index contributed by atoms with van der Waals surface area (Å²) in [4.78, 5) is 30.9. The van der Waals surface area contributed by atoms with Gasteiger partial charge in [-0.25, -0.2) is 4.98 Å². The largest absolute Gasteiger partial charge is 0.441 e. The van der Waals surface area contributed by atoms with Gasteiger partial charge in [-0.15, -0.1) is 0 Å². The zero-order valence-electron chi connectivity index (χ0n) is 14.7. The molecule has 1 aliphatic rings. The maximum absolute atomic E-state index is 12.5. The van der Waals surface area contributed by atoms with Crippen LogP contribution in [-0.2, 0) is 16.1 Å². The van der Waals surface area contributed by atoms with Crippen molar-refractivity contribution in [3.05, 3.63) is 58.9 Å². The first kappa shape index (κ1) is 17.5. The second kappa shape index (κ2) is 7.04. The molecule has 1 fully saturated rings. The molecule has 0 spiro atoms. The zero-order valence-corrected chi connectivity index (χ0v) is 15.5. The van der Waals surface area contributed by atoms with Crippen molar-refractivity contribution in [2.45, 2.75) is 19.9 Å². The van der Waals surface area contributed by atoms with Crippen LogP contribution in [0.2, 0.25) is 5.02 Å². The van der Waals surface area contributed by atoms with Crippen LogP contribution >= 0.6 is 11.6 Å². The highest BCUT2D eigenvalue weighted by atomic mass is 35.5. The Bertz CT molecular complexity index is 1030. The van der Waals surface area contributed by atoms with E-state index in [1.807, 2.05) is 30.3 Å². The molecule has 0 saturated carbocycles. The number of aromatic nitrogens is 1. The van der Waals surface area contributed by atoms with Gasteiger partial charge in [0.25, 0.3) is 0 Å². The molecule has 0 aliphatic carbocycles. The number of fused-ring (bicyclic) bond motifs is 1. The van der Waals surface area contributed by atoms with Crippen LogP contribution in [0.5, 0.6) is 0 Å². The summed E-state index contributed by atoms with van der Waals surface area (Å²) in [6.07, 6.45) is 0.192. The maximum atomic E-state index is 12.5. The van der Waals surface area contributed by atoms with Crippen molar-refractivity contribution >= 4 is 40.2 Å². The van der Waals surface area contributed by atoms with Crippen LogP contribution in [-0.4, -0.2) is 23.3 Å². The van der Waals surface area contributed by atoms with E-state index in [0.29, 0.717) is 35.1 Å². The van der Waals surface area contributed by atoms with Crippen molar-refractivity contribution in [1.82, 2.24) is 10.3 Å². The quantitative estimate of drug-likeness (QED) is 0.748. The molecular weight excluding hydrogens is 366 g/mol. The minimum atomic E-state index is -0.383. The number of aryl methyl sites for hydroxylation is 1. The minimum absolute atomic E-state index is 0.0718. The number of halogens is 1. The molecule has 2 amide bonds. The molecule has 1 aliphatic heterocycles. The highest BCUT2D eigenvalue weighted by Gasteiger charge is 2.35. The Morgan fingerprint density at radius 3 is 3.00 bits per heavy atom. The summed E-state index contributed by atoms with van der Waals surface area (Å²) in [5.74, 6) is -0.0127. The van der Waals surface area contributed by atoms with E-state index in [1.54, 1.807) is 24.0 Å². The van der Waals surface area contributed by atoms with Crippen molar-refractivity contribution in [2.75, 3.05) is 11.4 Å². The molecule has 1 aromatic heterocycles. The molecule has 27 heavy (non-hydrogen) atoms. The maximum Gasteiger partial charge on any atom is 0.227 e. The molecule has 1 atom stereocenters. The number of rotatable bonds is 4. The van der Waals surface area contributed by atoms with Crippen LogP contribution in [0.4, 0.5) is 5.69 Å². The van der Waals surface area contributed by atoms with E-state index in [-0.39, 0.29) is 24.2 Å². The molecule has 6 nitrogen and oxygen atoms in total. The molecule has 0 unspecified atom stereocenters. The monoisotopic (exact) mass is 383 g/mol. The lowest BCUT2D eigenvalue weighted by Gasteiger charge is -2.16. The summed E-state index contributed by atoms with van der Waals surface area (Å²) in [5, 5.41) is 3.52. The summed E-state index contributed by atoms with van der Waals surface area (Å²) in [6.45, 7) is 2.51. The summed E-state index contributed by atoms with van der Waals surface area (Å²) in [7, 11) is 0. The number of nitrogens with one attached hydrogen (secondary N) is 1. The topological polar surface area (TPSA) is 75.4 Å². The molecule has 7 heteroatoms. The molecular formula is C20H18ClN3O3. The number of anilines is 1. The van der Waals surface area contributed by atoms with Crippen LogP contribution in [0.1, 0.15) is 17.9 Å². The van der Waals surface area contributed by atoms with Crippen LogP contribution < -0.4 is 10.2 Å². The van der Waals surface area contributed by atoms with Crippen molar-refractivity contribution < 1.29 is 14.0 Å². The molecule has 3 aromatic rings. The molecule has 1 N–H and O–H groups in total. The first-order valence-electron chi connectivity index (χ1n) is 8.69. The summed E-state index contributed by atoms with van der Waals surface area (Å²) < 4.78 is 5.47. The Morgan fingerprint density at radius 2 is 2.19 bits per heavy atom. The minimum Gasteiger partial charge on any atom is -0.441 e. The van der Waals surface area contributed by atoms with Gasteiger partial charge in [0.15, 0.2) is 11.5 Å². The fourth-order valence-electron chi connectivity index (χ4n) is 3.31. The predicted molar refractivity (Wildman–Crippen MR) is 103 cm³/mol. The van der Waals surface area contributed by atoms with Crippen LogP contribution in [0.25, 0.3) is 11.1 Å². The second-order valence-electron chi connectivity index (χ2n) is 6.64. The number of carbonyl (C=O) groups is 2. The second-order valence-corrected chi connectivity index (χ2v) is 7.07. The number of nitrogens with zero attached hydrogens (tertiary/aromatic N) is 2. The van der Waals surface area contributed by atoms with E-state index in [2.05, 4.69) is 10.3 Å². The SMILES string of the molecule is Cc1nc2cc(N3C[C@@H](C(=O)NCc4cccc(Cl)c4)CC3=O)ccc2o1. The van der Waals surface area contributed by atoms with Gasteiger partial charge in [0.2, 0.25) is 11.8 Å². The Labute approximate surface area is 161 Å². The smallest absolute Gasteiger partial charge is 0.227 e. The van der Waals surface area contributed by atoms with Crippen molar-refractivity contribution in [3.8, 4) is 0 Å². The van der Waals surface area contributed by atoms with Crippen molar-refractivity contribution in [1.29, 1.82) is 0 Å². The van der Waals surface area contributed by atoms with Gasteiger partial charge in [-0.2, -0.15) is 0 Å². The lowest BCUT2D eigenvalue weighted by molar-refractivity contribution is -0.126. The first-order valence-corrected chi connectivity index (χ1v) is 9.07. The molecule has 2 heterocycles. The third-order valence-corrected chi connectivity index (χ3v) is 4.88.